The lowest BCUT2D eigenvalue weighted by Gasteiger charge is -2.15. The Morgan fingerprint density at radius 3 is 2.38 bits per heavy atom. The van der Waals surface area contributed by atoms with Crippen molar-refractivity contribution in [2.45, 2.75) is 26.8 Å². The summed E-state index contributed by atoms with van der Waals surface area (Å²) in [5.74, 6) is 0.643. The molecule has 0 saturated heterocycles. The van der Waals surface area contributed by atoms with Gasteiger partial charge in [0.25, 0.3) is 0 Å². The largest absolute Gasteiger partial charge is 0.362 e. The first kappa shape index (κ1) is 15.7. The molecule has 3 aromatic rings. The third-order valence-corrected chi connectivity index (χ3v) is 3.79. The van der Waals surface area contributed by atoms with Crippen LogP contribution in [0, 0.1) is 25.2 Å². The van der Waals surface area contributed by atoms with Crippen molar-refractivity contribution in [2.24, 2.45) is 0 Å². The number of nitrogens with one attached hydrogen (secondary N) is 1. The van der Waals surface area contributed by atoms with E-state index in [0.717, 1.165) is 22.6 Å². The van der Waals surface area contributed by atoms with Crippen molar-refractivity contribution in [3.63, 3.8) is 0 Å². The SMILES string of the molecule is Cc1cc(C)n(-c2ccc(C(C)Nc3ccc(C#N)nn3)cc2)n1. The van der Waals surface area contributed by atoms with E-state index in [4.69, 9.17) is 5.26 Å². The molecule has 0 aliphatic carbocycles. The first-order chi connectivity index (χ1) is 11.6. The summed E-state index contributed by atoms with van der Waals surface area (Å²) in [6.07, 6.45) is 0. The summed E-state index contributed by atoms with van der Waals surface area (Å²) >= 11 is 0. The van der Waals surface area contributed by atoms with E-state index < -0.39 is 0 Å². The van der Waals surface area contributed by atoms with Gasteiger partial charge in [0.2, 0.25) is 0 Å². The molecule has 0 radical (unpaired) electrons. The second-order valence-electron chi connectivity index (χ2n) is 5.71. The Morgan fingerprint density at radius 2 is 1.83 bits per heavy atom. The van der Waals surface area contributed by atoms with Gasteiger partial charge < -0.3 is 5.32 Å². The lowest BCUT2D eigenvalue weighted by atomic mass is 10.1. The molecule has 6 heteroatoms. The molecule has 1 N–H and O–H groups in total. The van der Waals surface area contributed by atoms with E-state index in [2.05, 4.69) is 57.9 Å². The molecule has 0 saturated carbocycles. The molecule has 1 atom stereocenters. The first-order valence-corrected chi connectivity index (χ1v) is 7.71. The van der Waals surface area contributed by atoms with E-state index in [-0.39, 0.29) is 6.04 Å². The average molecular weight is 318 g/mol. The minimum absolute atomic E-state index is 0.0711. The van der Waals surface area contributed by atoms with Crippen LogP contribution >= 0.6 is 0 Å². The first-order valence-electron chi connectivity index (χ1n) is 7.71. The van der Waals surface area contributed by atoms with Crippen molar-refractivity contribution in [3.05, 3.63) is 65.1 Å². The Hall–Kier alpha value is -3.20. The van der Waals surface area contributed by atoms with Crippen LogP contribution in [0.2, 0.25) is 0 Å². The quantitative estimate of drug-likeness (QED) is 0.798. The lowest BCUT2D eigenvalue weighted by molar-refractivity contribution is 0.826. The van der Waals surface area contributed by atoms with Gasteiger partial charge in [-0.05, 0) is 56.7 Å². The topological polar surface area (TPSA) is 79.4 Å². The predicted octanol–water partition coefficient (Wildman–Crippen LogP) is 3.32. The summed E-state index contributed by atoms with van der Waals surface area (Å²) in [6, 6.07) is 15.7. The number of nitriles is 1. The van der Waals surface area contributed by atoms with Crippen molar-refractivity contribution in [1.29, 1.82) is 5.26 Å². The molecule has 2 aromatic heterocycles. The van der Waals surface area contributed by atoms with Gasteiger partial charge in [0.1, 0.15) is 11.9 Å². The molecule has 0 aliphatic rings. The van der Waals surface area contributed by atoms with Crippen molar-refractivity contribution < 1.29 is 0 Å². The maximum atomic E-state index is 8.75. The Balaban J connectivity index is 1.75. The number of rotatable bonds is 4. The molecule has 24 heavy (non-hydrogen) atoms. The van der Waals surface area contributed by atoms with Gasteiger partial charge in [-0.3, -0.25) is 0 Å². The zero-order valence-corrected chi connectivity index (χ0v) is 13.9. The normalized spacial score (nSPS) is 11.8. The zero-order valence-electron chi connectivity index (χ0n) is 13.9. The number of aromatic nitrogens is 4. The highest BCUT2D eigenvalue weighted by Gasteiger charge is 2.08. The second-order valence-corrected chi connectivity index (χ2v) is 5.71. The van der Waals surface area contributed by atoms with Gasteiger partial charge in [-0.1, -0.05) is 12.1 Å². The van der Waals surface area contributed by atoms with E-state index in [1.165, 1.54) is 0 Å². The highest BCUT2D eigenvalue weighted by Crippen LogP contribution is 2.20. The number of benzene rings is 1. The van der Waals surface area contributed by atoms with Crippen LogP contribution in [0.4, 0.5) is 5.82 Å². The fourth-order valence-corrected chi connectivity index (χ4v) is 2.57. The highest BCUT2D eigenvalue weighted by atomic mass is 15.3. The van der Waals surface area contributed by atoms with Crippen LogP contribution in [-0.4, -0.2) is 20.0 Å². The Morgan fingerprint density at radius 1 is 1.08 bits per heavy atom. The van der Waals surface area contributed by atoms with E-state index >= 15 is 0 Å². The minimum atomic E-state index is 0.0711. The third-order valence-electron chi connectivity index (χ3n) is 3.79. The fourth-order valence-electron chi connectivity index (χ4n) is 2.57. The van der Waals surface area contributed by atoms with Crippen molar-refractivity contribution in [1.82, 2.24) is 20.0 Å². The molecule has 0 fully saturated rings. The molecule has 0 amide bonds. The van der Waals surface area contributed by atoms with Crippen LogP contribution in [0.15, 0.2) is 42.5 Å². The summed E-state index contributed by atoms with van der Waals surface area (Å²) in [6.45, 7) is 6.09. The fraction of sp³-hybridized carbons (Fsp3) is 0.222. The van der Waals surface area contributed by atoms with Crippen LogP contribution in [0.1, 0.15) is 35.6 Å². The van der Waals surface area contributed by atoms with Crippen LogP contribution in [-0.2, 0) is 0 Å². The Bertz CT molecular complexity index is 871. The lowest BCUT2D eigenvalue weighted by Crippen LogP contribution is -2.09. The van der Waals surface area contributed by atoms with Gasteiger partial charge in [-0.2, -0.15) is 10.4 Å². The minimum Gasteiger partial charge on any atom is -0.362 e. The smallest absolute Gasteiger partial charge is 0.163 e. The molecule has 0 spiro atoms. The number of anilines is 1. The van der Waals surface area contributed by atoms with Crippen LogP contribution in [0.25, 0.3) is 5.69 Å². The Kier molecular flexibility index (Phi) is 4.25. The van der Waals surface area contributed by atoms with Gasteiger partial charge in [0.05, 0.1) is 17.4 Å². The molecule has 120 valence electrons. The average Bonchev–Trinajstić information content (AvgIpc) is 2.94. The van der Waals surface area contributed by atoms with Crippen LogP contribution in [0.3, 0.4) is 0 Å². The summed E-state index contributed by atoms with van der Waals surface area (Å²) in [5.41, 5.74) is 4.59. The summed E-state index contributed by atoms with van der Waals surface area (Å²) in [7, 11) is 0. The Labute approximate surface area is 140 Å². The highest BCUT2D eigenvalue weighted by molar-refractivity contribution is 5.41. The van der Waals surface area contributed by atoms with E-state index in [0.29, 0.717) is 11.5 Å². The standard InChI is InChI=1S/C18H18N6/c1-12-10-13(2)24(23-12)17-7-4-15(5-8-17)14(3)20-18-9-6-16(11-19)21-22-18/h4-10,14H,1-3H3,(H,20,22). The number of aryl methyl sites for hydroxylation is 2. The summed E-state index contributed by atoms with van der Waals surface area (Å²) < 4.78 is 1.93. The molecular formula is C18H18N6. The summed E-state index contributed by atoms with van der Waals surface area (Å²) in [4.78, 5) is 0. The molecule has 2 heterocycles. The maximum absolute atomic E-state index is 8.75. The second kappa shape index (κ2) is 6.50. The molecule has 3 rings (SSSR count). The number of nitrogens with zero attached hydrogens (tertiary/aromatic N) is 5. The molecule has 6 nitrogen and oxygen atoms in total. The van der Waals surface area contributed by atoms with Crippen molar-refractivity contribution >= 4 is 5.82 Å². The number of hydrogen-bond acceptors (Lipinski definition) is 5. The van der Waals surface area contributed by atoms with Gasteiger partial charge in [-0.15, -0.1) is 10.2 Å². The van der Waals surface area contributed by atoms with Crippen LogP contribution in [0.5, 0.6) is 0 Å². The molecule has 1 unspecified atom stereocenters. The van der Waals surface area contributed by atoms with E-state index in [9.17, 15) is 0 Å². The van der Waals surface area contributed by atoms with Crippen LogP contribution < -0.4 is 5.32 Å². The third kappa shape index (κ3) is 3.25. The molecular weight excluding hydrogens is 300 g/mol. The maximum Gasteiger partial charge on any atom is 0.163 e. The van der Waals surface area contributed by atoms with Crippen molar-refractivity contribution in [3.8, 4) is 11.8 Å². The van der Waals surface area contributed by atoms with Gasteiger partial charge in [0, 0.05) is 5.69 Å². The zero-order chi connectivity index (χ0) is 17.1. The summed E-state index contributed by atoms with van der Waals surface area (Å²) in [5, 5.41) is 24.3. The number of hydrogen-bond donors (Lipinski definition) is 1. The van der Waals surface area contributed by atoms with E-state index in [1.54, 1.807) is 12.1 Å². The predicted molar refractivity (Wildman–Crippen MR) is 91.8 cm³/mol. The molecule has 1 aromatic carbocycles. The van der Waals surface area contributed by atoms with Crippen molar-refractivity contribution in [2.75, 3.05) is 5.32 Å². The molecule has 0 aliphatic heterocycles. The molecule has 0 bridgehead atoms. The van der Waals surface area contributed by atoms with E-state index in [1.807, 2.05) is 24.6 Å². The van der Waals surface area contributed by atoms with Gasteiger partial charge in [-0.25, -0.2) is 4.68 Å². The monoisotopic (exact) mass is 318 g/mol. The van der Waals surface area contributed by atoms with Gasteiger partial charge >= 0.3 is 0 Å². The van der Waals surface area contributed by atoms with Gasteiger partial charge in [0.15, 0.2) is 5.69 Å².